The van der Waals surface area contributed by atoms with Crippen molar-refractivity contribution in [3.8, 4) is 0 Å². The maximum Gasteiger partial charge on any atom is 0.237 e. The third kappa shape index (κ3) is 5.31. The lowest BCUT2D eigenvalue weighted by Crippen LogP contribution is -2.57. The summed E-state index contributed by atoms with van der Waals surface area (Å²) in [4.78, 5) is 15.3. The second-order valence-corrected chi connectivity index (χ2v) is 10.2. The van der Waals surface area contributed by atoms with E-state index in [0.29, 0.717) is 41.9 Å². The fraction of sp³-hybridized carbons (Fsp3) is 0.955. The van der Waals surface area contributed by atoms with Crippen LogP contribution in [0, 0.1) is 23.7 Å². The van der Waals surface area contributed by atoms with Crippen molar-refractivity contribution in [2.45, 2.75) is 89.0 Å². The molecule has 0 bridgehead atoms. The number of aliphatic hydroxyl groups excluding tert-OH is 1. The zero-order valence-electron chi connectivity index (χ0n) is 18.2. The van der Waals surface area contributed by atoms with E-state index in [4.69, 9.17) is 0 Å². The van der Waals surface area contributed by atoms with Gasteiger partial charge in [0.2, 0.25) is 5.91 Å². The molecule has 0 spiro atoms. The van der Waals surface area contributed by atoms with Crippen molar-refractivity contribution in [2.75, 3.05) is 20.3 Å². The second kappa shape index (κ2) is 9.60. The van der Waals surface area contributed by atoms with E-state index in [-0.39, 0.29) is 18.6 Å². The van der Waals surface area contributed by atoms with Crippen LogP contribution in [0.25, 0.3) is 0 Å². The number of amides is 1. The SMILES string of the molecule is C[C@H](CC1NNCN1C)C1CCCC(NC(=O)C2CCC(CO)C(C3CC3)N2)C1. The van der Waals surface area contributed by atoms with Gasteiger partial charge in [-0.25, -0.2) is 10.9 Å². The monoisotopic (exact) mass is 407 g/mol. The molecule has 2 saturated carbocycles. The molecule has 2 saturated heterocycles. The number of piperidine rings is 1. The molecule has 2 aliphatic carbocycles. The Kier molecular flexibility index (Phi) is 7.12. The third-order valence-electron chi connectivity index (χ3n) is 8.00. The average Bonchev–Trinajstić information content (AvgIpc) is 3.51. The van der Waals surface area contributed by atoms with Gasteiger partial charge in [0.1, 0.15) is 0 Å². The van der Waals surface area contributed by atoms with Crippen molar-refractivity contribution in [2.24, 2.45) is 23.7 Å². The first-order chi connectivity index (χ1) is 14.0. The van der Waals surface area contributed by atoms with E-state index in [1.165, 1.54) is 25.7 Å². The van der Waals surface area contributed by atoms with Crippen molar-refractivity contribution in [1.82, 2.24) is 26.4 Å². The Morgan fingerprint density at radius 2 is 2.03 bits per heavy atom. The highest BCUT2D eigenvalue weighted by Crippen LogP contribution is 2.39. The second-order valence-electron chi connectivity index (χ2n) is 10.2. The van der Waals surface area contributed by atoms with Crippen LogP contribution >= 0.6 is 0 Å². The zero-order chi connectivity index (χ0) is 20.4. The minimum absolute atomic E-state index is 0.0800. The maximum atomic E-state index is 13.0. The Labute approximate surface area is 175 Å². The Bertz CT molecular complexity index is 557. The summed E-state index contributed by atoms with van der Waals surface area (Å²) < 4.78 is 0. The van der Waals surface area contributed by atoms with Crippen LogP contribution in [-0.4, -0.2) is 60.5 Å². The third-order valence-corrected chi connectivity index (χ3v) is 8.00. The fourth-order valence-corrected chi connectivity index (χ4v) is 5.87. The van der Waals surface area contributed by atoms with E-state index in [2.05, 4.69) is 40.4 Å². The summed E-state index contributed by atoms with van der Waals surface area (Å²) in [7, 11) is 2.15. The average molecular weight is 408 g/mol. The van der Waals surface area contributed by atoms with Gasteiger partial charge in [-0.1, -0.05) is 19.8 Å². The molecule has 0 radical (unpaired) electrons. The molecule has 7 heteroatoms. The van der Waals surface area contributed by atoms with E-state index in [1.54, 1.807) is 0 Å². The van der Waals surface area contributed by atoms with Crippen LogP contribution in [0.1, 0.15) is 64.7 Å². The molecular weight excluding hydrogens is 366 g/mol. The number of carbonyl (C=O) groups is 1. The van der Waals surface area contributed by atoms with Crippen LogP contribution in [-0.2, 0) is 4.79 Å². The molecule has 2 heterocycles. The minimum Gasteiger partial charge on any atom is -0.396 e. The predicted molar refractivity (Wildman–Crippen MR) is 114 cm³/mol. The molecule has 166 valence electrons. The molecule has 7 atom stereocenters. The van der Waals surface area contributed by atoms with Crippen LogP contribution in [0.15, 0.2) is 0 Å². The Morgan fingerprint density at radius 1 is 1.21 bits per heavy atom. The number of aliphatic hydroxyl groups is 1. The standard InChI is InChI=1S/C22H41N5O2/c1-14(10-20-26-23-13-27(20)2)16-4-3-5-18(11-16)24-22(29)19-9-8-17(12-28)21(25-19)15-6-7-15/h14-21,23,25-26,28H,3-13H2,1-2H3,(H,24,29)/t14-,16?,17?,18?,19?,20?,21?/m1/s1. The zero-order valence-corrected chi connectivity index (χ0v) is 18.2. The highest BCUT2D eigenvalue weighted by molar-refractivity contribution is 5.82. The quantitative estimate of drug-likeness (QED) is 0.435. The van der Waals surface area contributed by atoms with E-state index in [1.807, 2.05) is 0 Å². The van der Waals surface area contributed by atoms with Gasteiger partial charge in [-0.2, -0.15) is 0 Å². The van der Waals surface area contributed by atoms with E-state index < -0.39 is 0 Å². The largest absolute Gasteiger partial charge is 0.396 e. The van der Waals surface area contributed by atoms with Gasteiger partial charge in [-0.05, 0) is 75.7 Å². The molecule has 29 heavy (non-hydrogen) atoms. The number of carbonyl (C=O) groups excluding carboxylic acids is 1. The van der Waals surface area contributed by atoms with Crippen molar-refractivity contribution in [3.63, 3.8) is 0 Å². The lowest BCUT2D eigenvalue weighted by Gasteiger charge is -2.38. The van der Waals surface area contributed by atoms with Gasteiger partial charge in [-0.3, -0.25) is 9.69 Å². The van der Waals surface area contributed by atoms with Gasteiger partial charge in [0.05, 0.1) is 18.9 Å². The molecule has 4 aliphatic rings. The fourth-order valence-electron chi connectivity index (χ4n) is 5.87. The number of hydrazine groups is 1. The molecule has 1 amide bonds. The Hall–Kier alpha value is -0.730. The summed E-state index contributed by atoms with van der Waals surface area (Å²) in [5.41, 5.74) is 6.59. The van der Waals surface area contributed by atoms with Crippen LogP contribution in [0.3, 0.4) is 0 Å². The van der Waals surface area contributed by atoms with Crippen molar-refractivity contribution in [3.05, 3.63) is 0 Å². The normalized spacial score (nSPS) is 40.0. The summed E-state index contributed by atoms with van der Waals surface area (Å²) in [6.07, 6.45) is 10.5. The number of rotatable bonds is 7. The number of hydrogen-bond donors (Lipinski definition) is 5. The van der Waals surface area contributed by atoms with Crippen molar-refractivity contribution < 1.29 is 9.90 Å². The van der Waals surface area contributed by atoms with Crippen LogP contribution in [0.2, 0.25) is 0 Å². The first-order valence-corrected chi connectivity index (χ1v) is 11.9. The number of nitrogens with zero attached hydrogens (tertiary/aromatic N) is 1. The smallest absolute Gasteiger partial charge is 0.237 e. The first-order valence-electron chi connectivity index (χ1n) is 11.9. The Morgan fingerprint density at radius 3 is 2.72 bits per heavy atom. The summed E-state index contributed by atoms with van der Waals surface area (Å²) in [5, 5.41) is 16.7. The van der Waals surface area contributed by atoms with Crippen molar-refractivity contribution >= 4 is 5.91 Å². The molecule has 0 aromatic rings. The van der Waals surface area contributed by atoms with Crippen molar-refractivity contribution in [1.29, 1.82) is 0 Å². The molecule has 0 aromatic heterocycles. The number of nitrogens with one attached hydrogen (secondary N) is 4. The molecule has 4 fully saturated rings. The molecular formula is C22H41N5O2. The first kappa shape index (κ1) is 21.5. The van der Waals surface area contributed by atoms with Gasteiger partial charge in [-0.15, -0.1) is 0 Å². The van der Waals surface area contributed by atoms with Gasteiger partial charge in [0, 0.05) is 18.7 Å². The van der Waals surface area contributed by atoms with Gasteiger partial charge >= 0.3 is 0 Å². The summed E-state index contributed by atoms with van der Waals surface area (Å²) in [6.45, 7) is 3.51. The lowest BCUT2D eigenvalue weighted by molar-refractivity contribution is -0.125. The van der Waals surface area contributed by atoms with Gasteiger partial charge < -0.3 is 15.7 Å². The lowest BCUT2D eigenvalue weighted by atomic mass is 9.76. The van der Waals surface area contributed by atoms with Crippen LogP contribution in [0.4, 0.5) is 0 Å². The predicted octanol–water partition coefficient (Wildman–Crippen LogP) is 1.15. The minimum atomic E-state index is -0.0800. The van der Waals surface area contributed by atoms with Gasteiger partial charge in [0.15, 0.2) is 0 Å². The topological polar surface area (TPSA) is 88.7 Å². The van der Waals surface area contributed by atoms with Crippen LogP contribution in [0.5, 0.6) is 0 Å². The number of hydrogen-bond acceptors (Lipinski definition) is 6. The van der Waals surface area contributed by atoms with E-state index >= 15 is 0 Å². The molecule has 4 rings (SSSR count). The Balaban J connectivity index is 1.26. The molecule has 7 nitrogen and oxygen atoms in total. The van der Waals surface area contributed by atoms with E-state index in [0.717, 1.165) is 38.8 Å². The molecule has 2 aliphatic heterocycles. The summed E-state index contributed by atoms with van der Waals surface area (Å²) >= 11 is 0. The maximum absolute atomic E-state index is 13.0. The van der Waals surface area contributed by atoms with Crippen LogP contribution < -0.4 is 21.5 Å². The highest BCUT2D eigenvalue weighted by atomic mass is 16.3. The highest BCUT2D eigenvalue weighted by Gasteiger charge is 2.42. The molecule has 5 N–H and O–H groups in total. The summed E-state index contributed by atoms with van der Waals surface area (Å²) in [6, 6.07) is 0.560. The molecule has 6 unspecified atom stereocenters. The van der Waals surface area contributed by atoms with E-state index in [9.17, 15) is 9.90 Å². The molecule has 0 aromatic carbocycles. The van der Waals surface area contributed by atoms with Gasteiger partial charge in [0.25, 0.3) is 0 Å². The summed E-state index contributed by atoms with van der Waals surface area (Å²) in [5.74, 6) is 2.50.